The van der Waals surface area contributed by atoms with Crippen LogP contribution in [0, 0.1) is 5.92 Å². The maximum Gasteiger partial charge on any atom is 0.137 e. The van der Waals surface area contributed by atoms with Gasteiger partial charge in [0.05, 0.1) is 7.11 Å². The molecule has 1 aliphatic rings. The zero-order valence-electron chi connectivity index (χ0n) is 11.6. The molecule has 0 fully saturated rings. The molecule has 2 aromatic rings. The highest BCUT2D eigenvalue weighted by Crippen LogP contribution is 2.21. The lowest BCUT2D eigenvalue weighted by Crippen LogP contribution is -2.24. The molecule has 20 heavy (non-hydrogen) atoms. The number of nitrogens with zero attached hydrogens (tertiary/aromatic N) is 3. The molecule has 1 atom stereocenters. The lowest BCUT2D eigenvalue weighted by molar-refractivity contribution is 0.189. The largest absolute Gasteiger partial charge is 0.497 e. The number of benzene rings is 1. The Morgan fingerprint density at radius 2 is 2.10 bits per heavy atom. The topological polar surface area (TPSA) is 60.2 Å². The van der Waals surface area contributed by atoms with Gasteiger partial charge < -0.3 is 14.4 Å². The van der Waals surface area contributed by atoms with Gasteiger partial charge in [0.2, 0.25) is 0 Å². The Balaban J connectivity index is 1.79. The van der Waals surface area contributed by atoms with Crippen molar-refractivity contribution in [3.63, 3.8) is 0 Å². The van der Waals surface area contributed by atoms with Crippen molar-refractivity contribution in [2.45, 2.75) is 25.8 Å². The second-order valence-electron chi connectivity index (χ2n) is 5.26. The van der Waals surface area contributed by atoms with Crippen LogP contribution in [0.2, 0.25) is 0 Å². The van der Waals surface area contributed by atoms with Crippen molar-refractivity contribution < 1.29 is 9.84 Å². The van der Waals surface area contributed by atoms with Crippen LogP contribution in [-0.2, 0) is 19.4 Å². The van der Waals surface area contributed by atoms with Gasteiger partial charge in [-0.15, -0.1) is 10.2 Å². The maximum absolute atomic E-state index is 9.32. The van der Waals surface area contributed by atoms with Crippen LogP contribution in [0.25, 0.3) is 0 Å². The van der Waals surface area contributed by atoms with Gasteiger partial charge in [-0.3, -0.25) is 0 Å². The Morgan fingerprint density at radius 3 is 2.80 bits per heavy atom. The predicted octanol–water partition coefficient (Wildman–Crippen LogP) is 1.43. The molecule has 0 saturated heterocycles. The highest BCUT2D eigenvalue weighted by molar-refractivity contribution is 5.29. The van der Waals surface area contributed by atoms with Crippen molar-refractivity contribution in [1.29, 1.82) is 0 Å². The monoisotopic (exact) mass is 273 g/mol. The smallest absolute Gasteiger partial charge is 0.137 e. The fraction of sp³-hybridized carbons (Fsp3) is 0.467. The molecular formula is C15H19N3O2. The van der Waals surface area contributed by atoms with Gasteiger partial charge in [0.1, 0.15) is 17.4 Å². The lowest BCUT2D eigenvalue weighted by atomic mass is 10.00. The highest BCUT2D eigenvalue weighted by atomic mass is 16.5. The SMILES string of the molecule is COc1ccc(Cc2nnc3n2CC(CO)CC3)cc1. The van der Waals surface area contributed by atoms with E-state index in [9.17, 15) is 5.11 Å². The van der Waals surface area contributed by atoms with Crippen LogP contribution in [0.1, 0.15) is 23.6 Å². The van der Waals surface area contributed by atoms with E-state index in [1.807, 2.05) is 24.3 Å². The molecule has 1 aliphatic heterocycles. The number of methoxy groups -OCH3 is 1. The quantitative estimate of drug-likeness (QED) is 0.915. The summed E-state index contributed by atoms with van der Waals surface area (Å²) in [5.74, 6) is 3.20. The lowest BCUT2D eigenvalue weighted by Gasteiger charge is -2.22. The van der Waals surface area contributed by atoms with Crippen LogP contribution in [0.3, 0.4) is 0 Å². The molecule has 0 saturated carbocycles. The van der Waals surface area contributed by atoms with Crippen LogP contribution < -0.4 is 4.74 Å². The summed E-state index contributed by atoms with van der Waals surface area (Å²) in [6, 6.07) is 8.01. The molecular weight excluding hydrogens is 254 g/mol. The number of rotatable bonds is 4. The third-order valence-corrected chi connectivity index (χ3v) is 3.90. The minimum absolute atomic E-state index is 0.236. The van der Waals surface area contributed by atoms with Gasteiger partial charge in [-0.25, -0.2) is 0 Å². The molecule has 1 N–H and O–H groups in total. The van der Waals surface area contributed by atoms with E-state index in [2.05, 4.69) is 14.8 Å². The molecule has 0 aliphatic carbocycles. The molecule has 0 spiro atoms. The Morgan fingerprint density at radius 1 is 1.30 bits per heavy atom. The van der Waals surface area contributed by atoms with E-state index in [0.29, 0.717) is 5.92 Å². The molecule has 106 valence electrons. The van der Waals surface area contributed by atoms with Crippen molar-refractivity contribution in [3.8, 4) is 5.75 Å². The van der Waals surface area contributed by atoms with Crippen molar-refractivity contribution >= 4 is 0 Å². The average Bonchev–Trinajstić information content (AvgIpc) is 2.90. The summed E-state index contributed by atoms with van der Waals surface area (Å²) >= 11 is 0. The van der Waals surface area contributed by atoms with Gasteiger partial charge in [0.15, 0.2) is 0 Å². The first kappa shape index (κ1) is 13.1. The van der Waals surface area contributed by atoms with E-state index in [1.54, 1.807) is 7.11 Å². The zero-order chi connectivity index (χ0) is 13.9. The highest BCUT2D eigenvalue weighted by Gasteiger charge is 2.22. The summed E-state index contributed by atoms with van der Waals surface area (Å²) in [4.78, 5) is 0. The summed E-state index contributed by atoms with van der Waals surface area (Å²) < 4.78 is 7.32. The van der Waals surface area contributed by atoms with E-state index in [-0.39, 0.29) is 6.61 Å². The fourth-order valence-corrected chi connectivity index (χ4v) is 2.66. The maximum atomic E-state index is 9.32. The van der Waals surface area contributed by atoms with E-state index in [1.165, 1.54) is 5.56 Å². The number of hydrogen-bond donors (Lipinski definition) is 1. The number of aromatic nitrogens is 3. The van der Waals surface area contributed by atoms with Gasteiger partial charge in [-0.05, 0) is 24.1 Å². The third-order valence-electron chi connectivity index (χ3n) is 3.90. The molecule has 1 aromatic heterocycles. The molecule has 0 amide bonds. The van der Waals surface area contributed by atoms with E-state index in [0.717, 1.165) is 43.2 Å². The van der Waals surface area contributed by atoms with Crippen molar-refractivity contribution in [1.82, 2.24) is 14.8 Å². The summed E-state index contributed by atoms with van der Waals surface area (Å²) in [7, 11) is 1.67. The van der Waals surface area contributed by atoms with Gasteiger partial charge in [0.25, 0.3) is 0 Å². The predicted molar refractivity (Wildman–Crippen MR) is 74.7 cm³/mol. The normalized spacial score (nSPS) is 17.8. The second-order valence-corrected chi connectivity index (χ2v) is 5.26. The Kier molecular flexibility index (Phi) is 3.69. The van der Waals surface area contributed by atoms with Crippen LogP contribution in [0.15, 0.2) is 24.3 Å². The van der Waals surface area contributed by atoms with Crippen LogP contribution in [0.5, 0.6) is 5.75 Å². The van der Waals surface area contributed by atoms with Gasteiger partial charge in [-0.2, -0.15) is 0 Å². The number of ether oxygens (including phenoxy) is 1. The van der Waals surface area contributed by atoms with E-state index in [4.69, 9.17) is 4.74 Å². The first-order chi connectivity index (χ1) is 9.80. The molecule has 5 nitrogen and oxygen atoms in total. The molecule has 5 heteroatoms. The summed E-state index contributed by atoms with van der Waals surface area (Å²) in [5, 5.41) is 17.9. The number of hydrogen-bond acceptors (Lipinski definition) is 4. The van der Waals surface area contributed by atoms with Crippen LogP contribution in [-0.4, -0.2) is 33.6 Å². The summed E-state index contributed by atoms with van der Waals surface area (Å²) in [5.41, 5.74) is 1.19. The standard InChI is InChI=1S/C15H19N3O2/c1-20-13-5-2-11(3-6-13)8-15-17-16-14-7-4-12(10-19)9-18(14)15/h2-3,5-6,12,19H,4,7-10H2,1H3. The Bertz CT molecular complexity index is 577. The number of fused-ring (bicyclic) bond motifs is 1. The van der Waals surface area contributed by atoms with Gasteiger partial charge >= 0.3 is 0 Å². The number of aryl methyl sites for hydroxylation is 1. The zero-order valence-corrected chi connectivity index (χ0v) is 11.6. The fourth-order valence-electron chi connectivity index (χ4n) is 2.66. The first-order valence-electron chi connectivity index (χ1n) is 6.95. The molecule has 1 unspecified atom stereocenters. The summed E-state index contributed by atoms with van der Waals surface area (Å²) in [6.07, 6.45) is 2.66. The average molecular weight is 273 g/mol. The third kappa shape index (κ3) is 2.54. The molecule has 2 heterocycles. The Hall–Kier alpha value is -1.88. The number of aliphatic hydroxyl groups excluding tert-OH is 1. The van der Waals surface area contributed by atoms with E-state index < -0.39 is 0 Å². The van der Waals surface area contributed by atoms with Gasteiger partial charge in [-0.1, -0.05) is 12.1 Å². The summed E-state index contributed by atoms with van der Waals surface area (Å²) in [6.45, 7) is 1.06. The van der Waals surface area contributed by atoms with Gasteiger partial charge in [0, 0.05) is 31.9 Å². The van der Waals surface area contributed by atoms with E-state index >= 15 is 0 Å². The van der Waals surface area contributed by atoms with Crippen molar-refractivity contribution in [2.24, 2.45) is 5.92 Å². The Labute approximate surface area is 118 Å². The second kappa shape index (κ2) is 5.63. The molecule has 0 bridgehead atoms. The number of aliphatic hydroxyl groups is 1. The van der Waals surface area contributed by atoms with Crippen molar-refractivity contribution in [3.05, 3.63) is 41.5 Å². The van der Waals surface area contributed by atoms with Crippen LogP contribution in [0.4, 0.5) is 0 Å². The minimum atomic E-state index is 0.236. The first-order valence-corrected chi connectivity index (χ1v) is 6.95. The minimum Gasteiger partial charge on any atom is -0.497 e. The molecule has 1 aromatic carbocycles. The molecule has 0 radical (unpaired) electrons. The van der Waals surface area contributed by atoms with Crippen molar-refractivity contribution in [2.75, 3.05) is 13.7 Å². The molecule has 3 rings (SSSR count). The van der Waals surface area contributed by atoms with Crippen LogP contribution >= 0.6 is 0 Å².